The van der Waals surface area contributed by atoms with E-state index in [0.717, 1.165) is 57.6 Å². The average molecular weight is 547 g/mol. The lowest BCUT2D eigenvalue weighted by atomic mass is 9.78. The summed E-state index contributed by atoms with van der Waals surface area (Å²) in [6.07, 6.45) is 2.11. The second-order valence-electron chi connectivity index (χ2n) is 12.2. The molecule has 1 aromatic rings. The van der Waals surface area contributed by atoms with Crippen LogP contribution in [0.25, 0.3) is 0 Å². The number of hydrogen-bond acceptors (Lipinski definition) is 6. The zero-order valence-electron chi connectivity index (χ0n) is 22.6. The maximum atomic E-state index is 14.3. The van der Waals surface area contributed by atoms with Crippen molar-refractivity contribution in [2.75, 3.05) is 45.4 Å². The van der Waals surface area contributed by atoms with Crippen LogP contribution in [0.4, 0.5) is 18.9 Å². The standard InChI is InChI=1S/C29H37F3N4O3/c1-34(25-7-9-39-17-26(25)38-2)21-10-19-4-3-8-28(19,13-21)27(37)36-16-22-11-23(36)15-35(22)20-6-5-18(14-33)24(12-20)29(30,31)32/h5-6,12,19,21-23,25-26H,3-4,7-11,13,15-17H2,1-2H3/t19-,21-,22-,23+,25+,26-,28-/m1/s1. The summed E-state index contributed by atoms with van der Waals surface area (Å²) in [7, 11) is 3.91. The lowest BCUT2D eigenvalue weighted by Crippen LogP contribution is -2.54. The Labute approximate surface area is 227 Å². The number of amides is 1. The van der Waals surface area contributed by atoms with Gasteiger partial charge in [-0.2, -0.15) is 18.4 Å². The molecule has 2 saturated carbocycles. The highest BCUT2D eigenvalue weighted by Crippen LogP contribution is 2.57. The summed E-state index contributed by atoms with van der Waals surface area (Å²) >= 11 is 0. The Hall–Kier alpha value is -2.35. The molecule has 2 bridgehead atoms. The van der Waals surface area contributed by atoms with Crippen LogP contribution in [0, 0.1) is 22.7 Å². The fourth-order valence-corrected chi connectivity index (χ4v) is 8.49. The van der Waals surface area contributed by atoms with Crippen molar-refractivity contribution in [1.29, 1.82) is 5.26 Å². The number of hydrogen-bond donors (Lipinski definition) is 0. The van der Waals surface area contributed by atoms with E-state index in [9.17, 15) is 18.0 Å². The first-order valence-corrected chi connectivity index (χ1v) is 14.2. The van der Waals surface area contributed by atoms with Crippen LogP contribution in [-0.2, 0) is 20.4 Å². The van der Waals surface area contributed by atoms with E-state index in [1.807, 2.05) is 4.90 Å². The number of nitriles is 1. The van der Waals surface area contributed by atoms with E-state index in [2.05, 4.69) is 16.8 Å². The number of ether oxygens (including phenoxy) is 2. The molecule has 3 aliphatic heterocycles. The van der Waals surface area contributed by atoms with Gasteiger partial charge >= 0.3 is 6.18 Å². The van der Waals surface area contributed by atoms with Gasteiger partial charge in [-0.3, -0.25) is 9.69 Å². The fraction of sp³-hybridized carbons (Fsp3) is 0.724. The maximum Gasteiger partial charge on any atom is 0.417 e. The number of halogens is 3. The Morgan fingerprint density at radius 3 is 2.74 bits per heavy atom. The molecule has 0 N–H and O–H groups in total. The second kappa shape index (κ2) is 9.93. The zero-order chi connectivity index (χ0) is 27.5. The third kappa shape index (κ3) is 4.41. The van der Waals surface area contributed by atoms with E-state index in [-0.39, 0.29) is 41.1 Å². The smallest absolute Gasteiger partial charge is 0.379 e. The molecule has 3 heterocycles. The van der Waals surface area contributed by atoms with E-state index < -0.39 is 11.7 Å². The number of anilines is 1. The van der Waals surface area contributed by atoms with E-state index >= 15 is 0 Å². The Bertz CT molecular complexity index is 1160. The van der Waals surface area contributed by atoms with Crippen molar-refractivity contribution in [3.05, 3.63) is 29.3 Å². The molecular formula is C29H37F3N4O3. The number of carbonyl (C=O) groups excluding carboxylic acids is 1. The van der Waals surface area contributed by atoms with Gasteiger partial charge in [-0.25, -0.2) is 0 Å². The lowest BCUT2D eigenvalue weighted by molar-refractivity contribution is -0.145. The normalized spacial score (nSPS) is 36.0. The number of methoxy groups -OCH3 is 1. The van der Waals surface area contributed by atoms with E-state index in [0.29, 0.717) is 37.3 Å². The minimum Gasteiger partial charge on any atom is -0.379 e. The SMILES string of the molecule is CO[C@@H]1COCC[C@@H]1N(C)[C@@H]1C[C@H]2CCC[C@@]2(C(=O)N2C[C@H]3C[C@H]2CN3c2ccc(C#N)c(C(F)(F)F)c2)C1. The Balaban J connectivity index is 1.17. The molecule has 3 saturated heterocycles. The van der Waals surface area contributed by atoms with Crippen LogP contribution in [0.1, 0.15) is 56.1 Å². The number of likely N-dealkylation sites (tertiary alicyclic amines) is 1. The number of piperazine rings is 1. The van der Waals surface area contributed by atoms with Crippen LogP contribution in [-0.4, -0.2) is 86.4 Å². The predicted octanol–water partition coefficient (Wildman–Crippen LogP) is 4.05. The number of fused-ring (bicyclic) bond motifs is 3. The molecule has 5 aliphatic rings. The molecule has 7 atom stereocenters. The largest absolute Gasteiger partial charge is 0.417 e. The summed E-state index contributed by atoms with van der Waals surface area (Å²) in [4.78, 5) is 20.8. The predicted molar refractivity (Wildman–Crippen MR) is 138 cm³/mol. The first-order valence-electron chi connectivity index (χ1n) is 14.2. The number of rotatable bonds is 5. The van der Waals surface area contributed by atoms with Gasteiger partial charge in [-0.15, -0.1) is 0 Å². The highest BCUT2D eigenvalue weighted by Gasteiger charge is 2.59. The molecule has 5 fully saturated rings. The van der Waals surface area contributed by atoms with Crippen molar-refractivity contribution in [3.63, 3.8) is 0 Å². The van der Waals surface area contributed by atoms with Crippen molar-refractivity contribution in [2.24, 2.45) is 11.3 Å². The van der Waals surface area contributed by atoms with E-state index in [1.165, 1.54) is 6.07 Å². The van der Waals surface area contributed by atoms with Crippen molar-refractivity contribution in [2.45, 2.75) is 81.4 Å². The summed E-state index contributed by atoms with van der Waals surface area (Å²) in [6, 6.07) is 6.23. The number of benzene rings is 1. The Morgan fingerprint density at radius 1 is 1.23 bits per heavy atom. The topological polar surface area (TPSA) is 69.0 Å². The highest BCUT2D eigenvalue weighted by molar-refractivity contribution is 5.85. The average Bonchev–Trinajstić information content (AvgIpc) is 3.71. The van der Waals surface area contributed by atoms with Gasteiger partial charge in [-0.05, 0) is 69.7 Å². The van der Waals surface area contributed by atoms with Gasteiger partial charge < -0.3 is 19.3 Å². The molecule has 0 aromatic heterocycles. The first kappa shape index (κ1) is 26.9. The van der Waals surface area contributed by atoms with Gasteiger partial charge in [0.05, 0.1) is 41.4 Å². The van der Waals surface area contributed by atoms with Gasteiger partial charge in [0.1, 0.15) is 0 Å². The zero-order valence-corrected chi connectivity index (χ0v) is 22.6. The molecule has 0 unspecified atom stereocenters. The minimum absolute atomic E-state index is 0.00574. The summed E-state index contributed by atoms with van der Waals surface area (Å²) < 4.78 is 52.1. The van der Waals surface area contributed by atoms with Gasteiger partial charge in [-0.1, -0.05) is 6.42 Å². The van der Waals surface area contributed by atoms with Gasteiger partial charge in [0.15, 0.2) is 0 Å². The Kier molecular flexibility index (Phi) is 6.84. The van der Waals surface area contributed by atoms with Gasteiger partial charge in [0.25, 0.3) is 0 Å². The highest BCUT2D eigenvalue weighted by atomic mass is 19.4. The van der Waals surface area contributed by atoms with Crippen molar-refractivity contribution >= 4 is 11.6 Å². The van der Waals surface area contributed by atoms with Crippen molar-refractivity contribution in [3.8, 4) is 6.07 Å². The molecule has 1 amide bonds. The molecule has 0 radical (unpaired) electrons. The molecule has 2 aliphatic carbocycles. The van der Waals surface area contributed by atoms with Crippen molar-refractivity contribution < 1.29 is 27.4 Å². The summed E-state index contributed by atoms with van der Waals surface area (Å²) in [5.41, 5.74) is -1.12. The van der Waals surface area contributed by atoms with E-state index in [1.54, 1.807) is 19.2 Å². The van der Waals surface area contributed by atoms with E-state index in [4.69, 9.17) is 14.7 Å². The number of alkyl halides is 3. The number of carbonyl (C=O) groups is 1. The molecule has 212 valence electrons. The molecule has 7 nitrogen and oxygen atoms in total. The van der Waals surface area contributed by atoms with Crippen molar-refractivity contribution in [1.82, 2.24) is 9.80 Å². The molecular weight excluding hydrogens is 509 g/mol. The quantitative estimate of drug-likeness (QED) is 0.555. The molecule has 6 rings (SSSR count). The lowest BCUT2D eigenvalue weighted by Gasteiger charge is -2.42. The minimum atomic E-state index is -4.58. The van der Waals surface area contributed by atoms with Crippen LogP contribution in [0.2, 0.25) is 0 Å². The summed E-state index contributed by atoms with van der Waals surface area (Å²) in [5, 5.41) is 9.15. The Morgan fingerprint density at radius 2 is 2.05 bits per heavy atom. The van der Waals surface area contributed by atoms with Gasteiger partial charge in [0.2, 0.25) is 5.91 Å². The fourth-order valence-electron chi connectivity index (χ4n) is 8.49. The second-order valence-corrected chi connectivity index (χ2v) is 12.2. The maximum absolute atomic E-state index is 14.3. The molecule has 39 heavy (non-hydrogen) atoms. The number of likely N-dealkylation sites (N-methyl/N-ethyl adjacent to an activating group) is 1. The summed E-state index contributed by atoms with van der Waals surface area (Å²) in [5.74, 6) is 0.639. The summed E-state index contributed by atoms with van der Waals surface area (Å²) in [6.45, 7) is 2.40. The molecule has 10 heteroatoms. The number of nitrogens with zero attached hydrogens (tertiary/aromatic N) is 4. The van der Waals surface area contributed by atoms with Crippen LogP contribution in [0.5, 0.6) is 0 Å². The monoisotopic (exact) mass is 546 g/mol. The van der Waals surface area contributed by atoms with Crippen LogP contribution < -0.4 is 4.90 Å². The van der Waals surface area contributed by atoms with Gasteiger partial charge in [0, 0.05) is 50.6 Å². The third-order valence-electron chi connectivity index (χ3n) is 10.5. The van der Waals surface area contributed by atoms with Crippen LogP contribution in [0.3, 0.4) is 0 Å². The molecule has 1 aromatic carbocycles. The van der Waals surface area contributed by atoms with Crippen LogP contribution >= 0.6 is 0 Å². The third-order valence-corrected chi connectivity index (χ3v) is 10.5. The first-order chi connectivity index (χ1) is 18.7. The van der Waals surface area contributed by atoms with Crippen LogP contribution in [0.15, 0.2) is 18.2 Å². The molecule has 0 spiro atoms.